The van der Waals surface area contributed by atoms with Gasteiger partial charge in [-0.15, -0.1) is 0 Å². The van der Waals surface area contributed by atoms with Gasteiger partial charge in [0.15, 0.2) is 0 Å². The van der Waals surface area contributed by atoms with Gasteiger partial charge < -0.3 is 16.0 Å². The molecule has 2 fully saturated rings. The van der Waals surface area contributed by atoms with Crippen LogP contribution in [0.5, 0.6) is 0 Å². The second-order valence-electron chi connectivity index (χ2n) is 8.83. The van der Waals surface area contributed by atoms with Gasteiger partial charge in [-0.3, -0.25) is 4.90 Å². The smallest absolute Gasteiger partial charge is 0.123 e. The number of nitrogens with one attached hydrogen (secondary N) is 2. The minimum absolute atomic E-state index is 0.191. The summed E-state index contributed by atoms with van der Waals surface area (Å²) in [6.45, 7) is 3.97. The van der Waals surface area contributed by atoms with E-state index in [1.54, 1.807) is 12.1 Å². The van der Waals surface area contributed by atoms with Gasteiger partial charge in [0, 0.05) is 37.1 Å². The number of hydrogen-bond acceptors (Lipinski definition) is 3. The monoisotopic (exact) mass is 394 g/mol. The molecule has 0 bridgehead atoms. The van der Waals surface area contributed by atoms with Gasteiger partial charge in [-0.2, -0.15) is 0 Å². The van der Waals surface area contributed by atoms with Crippen molar-refractivity contribution >= 4 is 5.57 Å². The molecule has 2 saturated heterocycles. The van der Waals surface area contributed by atoms with Crippen LogP contribution in [0.15, 0.2) is 36.5 Å². The van der Waals surface area contributed by atoms with E-state index >= 15 is 0 Å². The quantitative estimate of drug-likeness (QED) is 0.738. The molecular formula is C24H31FN4. The molecule has 0 saturated carbocycles. The highest BCUT2D eigenvalue weighted by Gasteiger charge is 2.32. The third kappa shape index (κ3) is 3.67. The first-order valence-electron chi connectivity index (χ1n) is 11.1. The van der Waals surface area contributed by atoms with E-state index < -0.39 is 0 Å². The molecular weight excluding hydrogens is 363 g/mol. The first kappa shape index (κ1) is 19.0. The predicted molar refractivity (Wildman–Crippen MR) is 116 cm³/mol. The fourth-order valence-corrected chi connectivity index (χ4v) is 5.58. The summed E-state index contributed by atoms with van der Waals surface area (Å²) in [7, 11) is 0. The molecule has 0 aliphatic carbocycles. The second-order valence-corrected chi connectivity index (χ2v) is 8.83. The van der Waals surface area contributed by atoms with Crippen LogP contribution < -0.4 is 11.1 Å². The molecule has 4 N–H and O–H groups in total. The van der Waals surface area contributed by atoms with E-state index in [2.05, 4.69) is 27.5 Å². The van der Waals surface area contributed by atoms with Crippen LogP contribution in [0.2, 0.25) is 0 Å². The van der Waals surface area contributed by atoms with Crippen LogP contribution in [-0.2, 0) is 0 Å². The molecule has 5 heteroatoms. The number of benzene rings is 1. The van der Waals surface area contributed by atoms with E-state index in [0.717, 1.165) is 43.6 Å². The highest BCUT2D eigenvalue weighted by molar-refractivity contribution is 5.77. The van der Waals surface area contributed by atoms with E-state index in [9.17, 15) is 4.39 Å². The molecule has 3 unspecified atom stereocenters. The number of hydrogen-bond donors (Lipinski definition) is 3. The van der Waals surface area contributed by atoms with E-state index in [4.69, 9.17) is 5.73 Å². The average Bonchev–Trinajstić information content (AvgIpc) is 3.41. The average molecular weight is 395 g/mol. The summed E-state index contributed by atoms with van der Waals surface area (Å²) in [5.41, 5.74) is 12.5. The third-order valence-electron chi connectivity index (χ3n) is 7.11. The van der Waals surface area contributed by atoms with E-state index in [1.165, 1.54) is 36.1 Å². The van der Waals surface area contributed by atoms with Crippen molar-refractivity contribution in [1.82, 2.24) is 15.2 Å². The van der Waals surface area contributed by atoms with Crippen LogP contribution in [-0.4, -0.2) is 48.1 Å². The first-order valence-corrected chi connectivity index (χ1v) is 11.1. The lowest BCUT2D eigenvalue weighted by atomic mass is 9.80. The van der Waals surface area contributed by atoms with Crippen LogP contribution in [0.1, 0.15) is 49.1 Å². The summed E-state index contributed by atoms with van der Waals surface area (Å²) in [6.07, 6.45) is 10.6. The zero-order valence-electron chi connectivity index (χ0n) is 17.0. The van der Waals surface area contributed by atoms with Crippen molar-refractivity contribution in [3.63, 3.8) is 0 Å². The van der Waals surface area contributed by atoms with Gasteiger partial charge in [-0.1, -0.05) is 6.08 Å². The lowest BCUT2D eigenvalue weighted by molar-refractivity contribution is 0.275. The van der Waals surface area contributed by atoms with Crippen molar-refractivity contribution in [3.8, 4) is 11.3 Å². The van der Waals surface area contributed by atoms with Crippen LogP contribution >= 0.6 is 0 Å². The minimum atomic E-state index is -0.191. The van der Waals surface area contributed by atoms with Crippen LogP contribution in [0, 0.1) is 5.82 Å². The standard InChI is InChI=1S/C24H31FN4/c25-19-5-3-16(4-6-19)24-23(18-7-9-27-20(12-18)14-26)22(15-28-24)17-8-11-29-10-1-2-21(29)13-17/h3-6,8,15,18,20-21,27-28H,1-2,7,9-14,26H2. The predicted octanol–water partition coefficient (Wildman–Crippen LogP) is 3.87. The molecule has 5 rings (SSSR count). The van der Waals surface area contributed by atoms with Gasteiger partial charge in [0.25, 0.3) is 0 Å². The van der Waals surface area contributed by atoms with Crippen molar-refractivity contribution < 1.29 is 4.39 Å². The summed E-state index contributed by atoms with van der Waals surface area (Å²) in [4.78, 5) is 6.19. The maximum absolute atomic E-state index is 13.5. The Morgan fingerprint density at radius 1 is 1.17 bits per heavy atom. The third-order valence-corrected chi connectivity index (χ3v) is 7.11. The minimum Gasteiger partial charge on any atom is -0.360 e. The summed E-state index contributed by atoms with van der Waals surface area (Å²) in [5, 5.41) is 3.55. The van der Waals surface area contributed by atoms with Crippen LogP contribution in [0.25, 0.3) is 16.8 Å². The topological polar surface area (TPSA) is 57.1 Å². The molecule has 4 nitrogen and oxygen atoms in total. The molecule has 0 amide bonds. The van der Waals surface area contributed by atoms with Crippen molar-refractivity contribution in [2.45, 2.75) is 50.1 Å². The number of rotatable bonds is 4. The molecule has 29 heavy (non-hydrogen) atoms. The Morgan fingerprint density at radius 3 is 2.86 bits per heavy atom. The summed E-state index contributed by atoms with van der Waals surface area (Å²) < 4.78 is 13.5. The lowest BCUT2D eigenvalue weighted by Crippen LogP contribution is -2.42. The SMILES string of the molecule is NCC1CC(c2c(C3=CCN4CCCC4C3)c[nH]c2-c2ccc(F)cc2)CCN1. The van der Waals surface area contributed by atoms with E-state index in [-0.39, 0.29) is 5.82 Å². The van der Waals surface area contributed by atoms with Crippen molar-refractivity contribution in [1.29, 1.82) is 0 Å². The number of aromatic nitrogens is 1. The van der Waals surface area contributed by atoms with Gasteiger partial charge in [-0.25, -0.2) is 4.39 Å². The zero-order chi connectivity index (χ0) is 19.8. The van der Waals surface area contributed by atoms with Crippen LogP contribution in [0.4, 0.5) is 4.39 Å². The Labute approximate surface area is 172 Å². The Hall–Kier alpha value is -1.95. The Kier molecular flexibility index (Phi) is 5.29. The molecule has 154 valence electrons. The largest absolute Gasteiger partial charge is 0.360 e. The molecule has 3 atom stereocenters. The van der Waals surface area contributed by atoms with E-state index in [0.29, 0.717) is 24.5 Å². The zero-order valence-corrected chi connectivity index (χ0v) is 17.0. The number of fused-ring (bicyclic) bond motifs is 1. The highest BCUT2D eigenvalue weighted by atomic mass is 19.1. The maximum atomic E-state index is 13.5. The number of H-pyrrole nitrogens is 1. The van der Waals surface area contributed by atoms with Crippen LogP contribution in [0.3, 0.4) is 0 Å². The molecule has 1 aromatic heterocycles. The molecule has 2 aromatic rings. The second kappa shape index (κ2) is 8.05. The number of aromatic amines is 1. The van der Waals surface area contributed by atoms with Gasteiger partial charge >= 0.3 is 0 Å². The summed E-state index contributed by atoms with van der Waals surface area (Å²) >= 11 is 0. The summed E-state index contributed by atoms with van der Waals surface area (Å²) in [6, 6.07) is 7.95. The Morgan fingerprint density at radius 2 is 2.03 bits per heavy atom. The fraction of sp³-hybridized carbons (Fsp3) is 0.500. The van der Waals surface area contributed by atoms with Gasteiger partial charge in [0.05, 0.1) is 0 Å². The van der Waals surface area contributed by atoms with Gasteiger partial charge in [0.2, 0.25) is 0 Å². The number of nitrogens with two attached hydrogens (primary N) is 1. The van der Waals surface area contributed by atoms with Crippen molar-refractivity contribution in [2.75, 3.05) is 26.2 Å². The molecule has 1 aromatic carbocycles. The molecule has 3 aliphatic rings. The molecule has 0 spiro atoms. The van der Waals surface area contributed by atoms with Gasteiger partial charge in [0.1, 0.15) is 5.82 Å². The fourth-order valence-electron chi connectivity index (χ4n) is 5.58. The van der Waals surface area contributed by atoms with Gasteiger partial charge in [-0.05, 0) is 97.6 Å². The molecule has 4 heterocycles. The Balaban J connectivity index is 1.55. The lowest BCUT2D eigenvalue weighted by Gasteiger charge is -2.33. The number of nitrogens with zero attached hydrogens (tertiary/aromatic N) is 1. The Bertz CT molecular complexity index is 885. The van der Waals surface area contributed by atoms with E-state index in [1.807, 2.05) is 12.1 Å². The summed E-state index contributed by atoms with van der Waals surface area (Å²) in [5.74, 6) is 0.275. The molecule has 0 radical (unpaired) electrons. The first-order chi connectivity index (χ1) is 14.2. The highest BCUT2D eigenvalue weighted by Crippen LogP contribution is 2.42. The van der Waals surface area contributed by atoms with Crippen molar-refractivity contribution in [2.24, 2.45) is 5.73 Å². The normalized spacial score (nSPS) is 27.7. The van der Waals surface area contributed by atoms with Crippen molar-refractivity contribution in [3.05, 3.63) is 53.5 Å². The number of halogens is 1. The maximum Gasteiger partial charge on any atom is 0.123 e. The molecule has 3 aliphatic heterocycles. The number of piperidine rings is 1.